The Bertz CT molecular complexity index is 997. The molecule has 0 unspecified atom stereocenters. The Morgan fingerprint density at radius 2 is 2.00 bits per heavy atom. The number of nitrogens with zero attached hydrogens (tertiary/aromatic N) is 2. The Balaban J connectivity index is 0.00000210. The molecule has 2 aromatic heterocycles. The third-order valence-electron chi connectivity index (χ3n) is 4.06. The summed E-state index contributed by atoms with van der Waals surface area (Å²) < 4.78 is 38.3. The molecule has 0 radical (unpaired) electrons. The summed E-state index contributed by atoms with van der Waals surface area (Å²) in [6, 6.07) is 8.91. The first-order valence-electron chi connectivity index (χ1n) is 8.52. The molecule has 0 fully saturated rings. The van der Waals surface area contributed by atoms with E-state index in [0.717, 1.165) is 12.0 Å². The number of hydrogen-bond acceptors (Lipinski definition) is 6. The number of aromatic amines is 1. The summed E-state index contributed by atoms with van der Waals surface area (Å²) in [4.78, 5) is 11.2. The number of sulfonamides is 1. The van der Waals surface area contributed by atoms with Crippen molar-refractivity contribution in [1.29, 1.82) is 0 Å². The number of aromatic nitrogens is 3. The first kappa shape index (κ1) is 22.8. The molecule has 0 aliphatic rings. The normalized spacial score (nSPS) is 11.4. The quantitative estimate of drug-likeness (QED) is 0.354. The monoisotopic (exact) mass is 414 g/mol. The fourth-order valence-electron chi connectivity index (χ4n) is 2.57. The molecule has 8 nitrogen and oxygen atoms in total. The van der Waals surface area contributed by atoms with Crippen LogP contribution in [0, 0.1) is 6.92 Å². The number of ether oxygens (including phenoxy) is 2. The van der Waals surface area contributed by atoms with Crippen LogP contribution in [0.3, 0.4) is 0 Å². The molecule has 1 aromatic carbocycles. The van der Waals surface area contributed by atoms with E-state index in [1.54, 1.807) is 37.6 Å². The Kier molecular flexibility index (Phi) is 8.41. The molecule has 3 aromatic rings. The van der Waals surface area contributed by atoms with Gasteiger partial charge < -0.3 is 15.9 Å². The van der Waals surface area contributed by atoms with Crippen LogP contribution in [-0.4, -0.2) is 43.7 Å². The van der Waals surface area contributed by atoms with Gasteiger partial charge in [-0.05, 0) is 25.1 Å². The molecular weight excluding hydrogens is 391 g/mol. The van der Waals surface area contributed by atoms with E-state index in [-0.39, 0.29) is 42.7 Å². The number of fused-ring (bicyclic) bond motifs is 1. The molecule has 2 N–H and O–H groups in total. The topological polar surface area (TPSA) is 106 Å². The molecule has 0 bridgehead atoms. The maximum absolute atomic E-state index is 12.5. The van der Waals surface area contributed by atoms with E-state index in [1.807, 2.05) is 13.0 Å². The van der Waals surface area contributed by atoms with Crippen molar-refractivity contribution in [2.45, 2.75) is 25.0 Å². The summed E-state index contributed by atoms with van der Waals surface area (Å²) in [6.45, 7) is 3.03. The molecule has 0 aliphatic heterocycles. The molecule has 0 amide bonds. The van der Waals surface area contributed by atoms with Gasteiger partial charge in [-0.2, -0.15) is 0 Å². The molecule has 0 saturated carbocycles. The number of para-hydroxylation sites is 2. The summed E-state index contributed by atoms with van der Waals surface area (Å²) >= 11 is 0. The van der Waals surface area contributed by atoms with E-state index in [2.05, 4.69) is 19.7 Å². The Labute approximate surface area is 187 Å². The number of hydrogen-bond donors (Lipinski definition) is 2. The van der Waals surface area contributed by atoms with Crippen LogP contribution in [0.15, 0.2) is 41.7 Å². The zero-order valence-electron chi connectivity index (χ0n) is 17.2. The zero-order chi connectivity index (χ0) is 19.3. The van der Waals surface area contributed by atoms with Gasteiger partial charge in [0.05, 0.1) is 29.9 Å². The second-order valence-electron chi connectivity index (χ2n) is 5.96. The van der Waals surface area contributed by atoms with E-state index in [4.69, 9.17) is 9.47 Å². The summed E-state index contributed by atoms with van der Waals surface area (Å²) in [5.41, 5.74) is 2.65. The van der Waals surface area contributed by atoms with Gasteiger partial charge in [0.1, 0.15) is 5.75 Å². The molecule has 0 atom stereocenters. The minimum absolute atomic E-state index is 0. The van der Waals surface area contributed by atoms with Crippen LogP contribution in [0.2, 0.25) is 0 Å². The van der Waals surface area contributed by atoms with Crippen molar-refractivity contribution in [3.8, 4) is 5.75 Å². The molecule has 3 rings (SSSR count). The fourth-order valence-corrected chi connectivity index (χ4v) is 3.49. The fraction of sp³-hybridized carbons (Fsp3) is 0.333. The maximum Gasteiger partial charge on any atom is 1.00 e. The largest absolute Gasteiger partial charge is 1.00 e. The first-order chi connectivity index (χ1) is 13.0. The smallest absolute Gasteiger partial charge is 1.00 e. The molecule has 146 valence electrons. The number of imidazole rings is 1. The predicted octanol–water partition coefficient (Wildman–Crippen LogP) is -0.723. The van der Waals surface area contributed by atoms with E-state index in [9.17, 15) is 8.42 Å². The zero-order valence-corrected chi connectivity index (χ0v) is 19.0. The van der Waals surface area contributed by atoms with Gasteiger partial charge >= 0.3 is 29.6 Å². The number of nitrogens with one attached hydrogen (secondary N) is 2. The molecule has 0 spiro atoms. The van der Waals surface area contributed by atoms with Crippen molar-refractivity contribution in [2.75, 3.05) is 20.3 Å². The van der Waals surface area contributed by atoms with Gasteiger partial charge in [-0.25, -0.2) is 18.1 Å². The van der Waals surface area contributed by atoms with Crippen LogP contribution in [0.25, 0.3) is 11.0 Å². The summed E-state index contributed by atoms with van der Waals surface area (Å²) in [5, 5.41) is -0.117. The summed E-state index contributed by atoms with van der Waals surface area (Å²) in [6.07, 6.45) is 2.37. The SMILES string of the molecule is COCCCOc1ccnc(CNS(=O)(=O)c2nc3ccccc3[nH]2)c1C.[H-].[Na+]. The Morgan fingerprint density at radius 3 is 2.75 bits per heavy atom. The van der Waals surface area contributed by atoms with Gasteiger partial charge in [0, 0.05) is 31.9 Å². The minimum Gasteiger partial charge on any atom is -1.00 e. The van der Waals surface area contributed by atoms with Crippen LogP contribution in [-0.2, 0) is 21.3 Å². The summed E-state index contributed by atoms with van der Waals surface area (Å²) in [5.74, 6) is 0.680. The van der Waals surface area contributed by atoms with E-state index >= 15 is 0 Å². The van der Waals surface area contributed by atoms with Gasteiger partial charge in [-0.1, -0.05) is 12.1 Å². The molecule has 0 saturated heterocycles. The van der Waals surface area contributed by atoms with Crippen molar-refractivity contribution in [3.05, 3.63) is 47.8 Å². The van der Waals surface area contributed by atoms with E-state index in [1.165, 1.54) is 0 Å². The van der Waals surface area contributed by atoms with E-state index < -0.39 is 10.0 Å². The standard InChI is InChI=1S/C18H22N4O4S.Na.H/c1-13-16(19-9-8-17(13)26-11-5-10-25-2)12-20-27(23,24)18-21-14-6-3-4-7-15(14)22-18;;/h3-4,6-9,20H,5,10-12H2,1-2H3,(H,21,22);;/q;+1;-1. The van der Waals surface area contributed by atoms with Crippen molar-refractivity contribution in [1.82, 2.24) is 19.7 Å². The molecule has 0 aliphatic carbocycles. The maximum atomic E-state index is 12.5. The van der Waals surface area contributed by atoms with Gasteiger partial charge in [-0.15, -0.1) is 0 Å². The predicted molar refractivity (Wildman–Crippen MR) is 102 cm³/mol. The van der Waals surface area contributed by atoms with Crippen LogP contribution in [0.1, 0.15) is 19.1 Å². The molecule has 2 heterocycles. The second kappa shape index (κ2) is 10.3. The number of rotatable bonds is 9. The number of methoxy groups -OCH3 is 1. The molecule has 10 heteroatoms. The van der Waals surface area contributed by atoms with Crippen LogP contribution >= 0.6 is 0 Å². The number of pyridine rings is 1. The van der Waals surface area contributed by atoms with Gasteiger partial charge in [-0.3, -0.25) is 4.98 Å². The Hall–Kier alpha value is -1.49. The van der Waals surface area contributed by atoms with Crippen LogP contribution in [0.4, 0.5) is 0 Å². The van der Waals surface area contributed by atoms with Gasteiger partial charge in [0.15, 0.2) is 0 Å². The second-order valence-corrected chi connectivity index (χ2v) is 7.64. The minimum atomic E-state index is -3.79. The van der Waals surface area contributed by atoms with Crippen molar-refractivity contribution < 1.29 is 48.9 Å². The van der Waals surface area contributed by atoms with Crippen LogP contribution in [0.5, 0.6) is 5.75 Å². The average Bonchev–Trinajstić information content (AvgIpc) is 3.11. The third-order valence-corrected chi connectivity index (χ3v) is 5.29. The van der Waals surface area contributed by atoms with Crippen LogP contribution < -0.4 is 39.0 Å². The number of H-pyrrole nitrogens is 1. The van der Waals surface area contributed by atoms with Gasteiger partial charge in [0.2, 0.25) is 5.16 Å². The third kappa shape index (κ3) is 5.53. The van der Waals surface area contributed by atoms with Gasteiger partial charge in [0.25, 0.3) is 10.0 Å². The average molecular weight is 414 g/mol. The van der Waals surface area contributed by atoms with Crippen molar-refractivity contribution in [2.24, 2.45) is 0 Å². The molecule has 28 heavy (non-hydrogen) atoms. The molecular formula is C18H23N4NaO4S. The van der Waals surface area contributed by atoms with E-state index in [0.29, 0.717) is 35.7 Å². The van der Waals surface area contributed by atoms with Crippen molar-refractivity contribution in [3.63, 3.8) is 0 Å². The summed E-state index contributed by atoms with van der Waals surface area (Å²) in [7, 11) is -2.15. The first-order valence-corrected chi connectivity index (χ1v) is 10.00. The Morgan fingerprint density at radius 1 is 1.21 bits per heavy atom. The number of benzene rings is 1. The van der Waals surface area contributed by atoms with Crippen molar-refractivity contribution >= 4 is 21.1 Å².